The smallest absolute Gasteiger partial charge is 0.296 e. The first-order valence-electron chi connectivity index (χ1n) is 10.7. The summed E-state index contributed by atoms with van der Waals surface area (Å²) >= 11 is 0. The summed E-state index contributed by atoms with van der Waals surface area (Å²) in [5, 5.41) is 11.3. The molecule has 0 radical (unpaired) electrons. The maximum absolute atomic E-state index is 13.2. The molecule has 1 amide bonds. The second-order valence-corrected chi connectivity index (χ2v) is 8.06. The van der Waals surface area contributed by atoms with Crippen LogP contribution < -0.4 is 14.4 Å². The van der Waals surface area contributed by atoms with E-state index in [2.05, 4.69) is 0 Å². The Bertz CT molecular complexity index is 1230. The average Bonchev–Trinajstić information content (AvgIpc) is 3.45. The zero-order valence-electron chi connectivity index (χ0n) is 19.4. The van der Waals surface area contributed by atoms with Crippen molar-refractivity contribution in [1.82, 2.24) is 4.90 Å². The highest BCUT2D eigenvalue weighted by molar-refractivity contribution is 6.46. The number of aliphatic hydroxyl groups excluding tert-OH is 1. The fourth-order valence-corrected chi connectivity index (χ4v) is 4.05. The Morgan fingerprint density at radius 3 is 2.32 bits per heavy atom. The fraction of sp³-hybridized carbons (Fsp3) is 0.231. The van der Waals surface area contributed by atoms with Gasteiger partial charge in [-0.3, -0.25) is 9.59 Å². The Hall–Kier alpha value is -4.20. The summed E-state index contributed by atoms with van der Waals surface area (Å²) in [6, 6.07) is 15.0. The quantitative estimate of drug-likeness (QED) is 0.322. The highest BCUT2D eigenvalue weighted by Crippen LogP contribution is 2.41. The molecule has 4 rings (SSSR count). The molecule has 0 unspecified atom stereocenters. The number of Topliss-reactive ketones (excluding diaryl/α,β-unsaturated/α-hetero) is 1. The number of hydrogen-bond acceptors (Lipinski definition) is 7. The molecule has 1 aliphatic rings. The third kappa shape index (κ3) is 4.10. The Morgan fingerprint density at radius 2 is 1.74 bits per heavy atom. The van der Waals surface area contributed by atoms with E-state index >= 15 is 0 Å². The summed E-state index contributed by atoms with van der Waals surface area (Å²) in [4.78, 5) is 29.7. The van der Waals surface area contributed by atoms with Crippen molar-refractivity contribution in [3.05, 3.63) is 83.3 Å². The number of methoxy groups -OCH3 is 2. The van der Waals surface area contributed by atoms with E-state index < -0.39 is 17.7 Å². The average molecular weight is 463 g/mol. The Balaban J connectivity index is 1.86. The molecule has 0 saturated carbocycles. The number of anilines is 1. The first-order valence-corrected chi connectivity index (χ1v) is 10.7. The van der Waals surface area contributed by atoms with Gasteiger partial charge in [-0.25, -0.2) is 0 Å². The van der Waals surface area contributed by atoms with Crippen LogP contribution in [0.15, 0.2) is 70.9 Å². The van der Waals surface area contributed by atoms with Crippen LogP contribution in [0.1, 0.15) is 22.9 Å². The molecule has 176 valence electrons. The van der Waals surface area contributed by atoms with Crippen molar-refractivity contribution in [2.45, 2.75) is 12.6 Å². The van der Waals surface area contributed by atoms with Crippen molar-refractivity contribution in [2.75, 3.05) is 33.2 Å². The van der Waals surface area contributed by atoms with Gasteiger partial charge < -0.3 is 28.8 Å². The molecule has 1 aromatic heterocycles. The Morgan fingerprint density at radius 1 is 1.03 bits per heavy atom. The van der Waals surface area contributed by atoms with Crippen LogP contribution in [0, 0.1) is 0 Å². The Kier molecular flexibility index (Phi) is 6.32. The van der Waals surface area contributed by atoms with E-state index in [4.69, 9.17) is 13.9 Å². The van der Waals surface area contributed by atoms with Crippen molar-refractivity contribution >= 4 is 23.1 Å². The van der Waals surface area contributed by atoms with Gasteiger partial charge in [0.2, 0.25) is 0 Å². The molecule has 3 aromatic rings. The molecular weight excluding hydrogens is 436 g/mol. The normalized spacial score (nSPS) is 17.2. The second-order valence-electron chi connectivity index (χ2n) is 8.06. The number of benzene rings is 2. The number of ketones is 1. The summed E-state index contributed by atoms with van der Waals surface area (Å²) in [5.41, 5.74) is 2.00. The van der Waals surface area contributed by atoms with Crippen molar-refractivity contribution in [1.29, 1.82) is 0 Å². The van der Waals surface area contributed by atoms with Crippen LogP contribution in [-0.2, 0) is 16.1 Å². The topological polar surface area (TPSA) is 92.5 Å². The monoisotopic (exact) mass is 462 g/mol. The molecule has 1 saturated heterocycles. The van der Waals surface area contributed by atoms with E-state index in [1.54, 1.807) is 30.3 Å². The maximum atomic E-state index is 13.2. The van der Waals surface area contributed by atoms with Gasteiger partial charge in [0.15, 0.2) is 11.5 Å². The SMILES string of the molecule is COc1ccc(C(O)=C2C(=O)C(=O)N(Cc3ccco3)[C@H]2c2ccc(N(C)C)cc2)cc1OC. The number of aliphatic hydroxyl groups is 1. The number of hydrogen-bond donors (Lipinski definition) is 1. The van der Waals surface area contributed by atoms with Crippen molar-refractivity contribution < 1.29 is 28.6 Å². The van der Waals surface area contributed by atoms with Gasteiger partial charge in [0.05, 0.1) is 38.6 Å². The maximum Gasteiger partial charge on any atom is 0.296 e. The van der Waals surface area contributed by atoms with Gasteiger partial charge in [-0.1, -0.05) is 12.1 Å². The highest BCUT2D eigenvalue weighted by atomic mass is 16.5. The molecule has 1 fully saturated rings. The summed E-state index contributed by atoms with van der Waals surface area (Å²) < 4.78 is 16.0. The van der Waals surface area contributed by atoms with Crippen LogP contribution in [0.2, 0.25) is 0 Å². The largest absolute Gasteiger partial charge is 0.507 e. The number of carbonyl (C=O) groups excluding carboxylic acids is 2. The van der Waals surface area contributed by atoms with E-state index in [1.807, 2.05) is 43.3 Å². The lowest BCUT2D eigenvalue weighted by Gasteiger charge is -2.25. The van der Waals surface area contributed by atoms with Gasteiger partial charge in [-0.15, -0.1) is 0 Å². The molecule has 2 aromatic carbocycles. The number of ether oxygens (including phenoxy) is 2. The number of nitrogens with zero attached hydrogens (tertiary/aromatic N) is 2. The van der Waals surface area contributed by atoms with Crippen LogP contribution >= 0.6 is 0 Å². The summed E-state index contributed by atoms with van der Waals surface area (Å²) in [6.45, 7) is 0.0837. The second kappa shape index (κ2) is 9.35. The molecule has 0 aliphatic carbocycles. The van der Waals surface area contributed by atoms with E-state index in [9.17, 15) is 14.7 Å². The summed E-state index contributed by atoms with van der Waals surface area (Å²) in [7, 11) is 6.84. The Labute approximate surface area is 197 Å². The van der Waals surface area contributed by atoms with Crippen LogP contribution in [0.25, 0.3) is 5.76 Å². The lowest BCUT2D eigenvalue weighted by atomic mass is 9.95. The van der Waals surface area contributed by atoms with Crippen LogP contribution in [0.3, 0.4) is 0 Å². The van der Waals surface area contributed by atoms with Gasteiger partial charge in [0.1, 0.15) is 11.5 Å². The molecule has 0 spiro atoms. The van der Waals surface area contributed by atoms with E-state index in [0.29, 0.717) is 28.4 Å². The molecule has 8 heteroatoms. The molecule has 0 bridgehead atoms. The van der Waals surface area contributed by atoms with Crippen molar-refractivity contribution in [3.63, 3.8) is 0 Å². The zero-order valence-corrected chi connectivity index (χ0v) is 19.4. The lowest BCUT2D eigenvalue weighted by Crippen LogP contribution is -2.29. The minimum absolute atomic E-state index is 0.00128. The number of likely N-dealkylation sites (tertiary alicyclic amines) is 1. The van der Waals surface area contributed by atoms with E-state index in [1.165, 1.54) is 25.4 Å². The summed E-state index contributed by atoms with van der Waals surface area (Å²) in [5.74, 6) is -0.358. The number of amides is 1. The van der Waals surface area contributed by atoms with Crippen molar-refractivity contribution in [3.8, 4) is 11.5 Å². The lowest BCUT2D eigenvalue weighted by molar-refractivity contribution is -0.140. The van der Waals surface area contributed by atoms with Crippen LogP contribution in [0.5, 0.6) is 11.5 Å². The van der Waals surface area contributed by atoms with E-state index in [0.717, 1.165) is 5.69 Å². The predicted molar refractivity (Wildman–Crippen MR) is 127 cm³/mol. The van der Waals surface area contributed by atoms with Crippen molar-refractivity contribution in [2.24, 2.45) is 0 Å². The zero-order chi connectivity index (χ0) is 24.4. The fourth-order valence-electron chi connectivity index (χ4n) is 4.05. The third-order valence-corrected chi connectivity index (χ3v) is 5.83. The highest BCUT2D eigenvalue weighted by Gasteiger charge is 2.46. The minimum atomic E-state index is -0.797. The minimum Gasteiger partial charge on any atom is -0.507 e. The van der Waals surface area contributed by atoms with E-state index in [-0.39, 0.29) is 17.9 Å². The predicted octanol–water partition coefficient (Wildman–Crippen LogP) is 3.98. The van der Waals surface area contributed by atoms with Crippen LogP contribution in [0.4, 0.5) is 5.69 Å². The van der Waals surface area contributed by atoms with Gasteiger partial charge in [-0.2, -0.15) is 0 Å². The molecular formula is C26H26N2O6. The first kappa shape index (κ1) is 23.0. The number of carbonyl (C=O) groups is 2. The van der Waals surface area contributed by atoms with Gasteiger partial charge >= 0.3 is 0 Å². The number of furan rings is 1. The van der Waals surface area contributed by atoms with Gasteiger partial charge in [-0.05, 0) is 48.0 Å². The molecule has 1 N–H and O–H groups in total. The third-order valence-electron chi connectivity index (χ3n) is 5.83. The molecule has 34 heavy (non-hydrogen) atoms. The molecule has 2 heterocycles. The first-order chi connectivity index (χ1) is 16.3. The van der Waals surface area contributed by atoms with Gasteiger partial charge in [0.25, 0.3) is 11.7 Å². The van der Waals surface area contributed by atoms with Gasteiger partial charge in [0, 0.05) is 25.3 Å². The van der Waals surface area contributed by atoms with Crippen LogP contribution in [-0.4, -0.2) is 50.0 Å². The summed E-state index contributed by atoms with van der Waals surface area (Å²) in [6.07, 6.45) is 1.51. The standard InChI is InChI=1S/C26H26N2O6/c1-27(2)18-10-7-16(8-11-18)23-22(24(29)17-9-12-20(32-3)21(14-17)33-4)25(30)26(31)28(23)15-19-6-5-13-34-19/h5-14,23,29H,15H2,1-4H3/t23-/m0/s1. The molecule has 8 nitrogen and oxygen atoms in total. The molecule has 1 atom stereocenters. The number of rotatable bonds is 7. The molecule has 1 aliphatic heterocycles.